The molecule has 6 unspecified atom stereocenters. The number of anilines is 3. The van der Waals surface area contributed by atoms with E-state index in [2.05, 4.69) is 113 Å². The topological polar surface area (TPSA) is 568 Å². The fourth-order valence-corrected chi connectivity index (χ4v) is 17.8. The number of likely N-dealkylation sites (N-methyl/N-ethyl adjacent to an activating group) is 1. The molecule has 37 nitrogen and oxygen atoms in total. The van der Waals surface area contributed by atoms with Crippen molar-refractivity contribution >= 4 is 120 Å². The van der Waals surface area contributed by atoms with Crippen LogP contribution in [0.5, 0.6) is 0 Å². The molecule has 0 bridgehead atoms. The second kappa shape index (κ2) is 39.9. The number of carboxylic acid groups (broad SMARTS) is 3. The average Bonchev–Trinajstić information content (AvgIpc) is 1.59. The predicted octanol–water partition coefficient (Wildman–Crippen LogP) is 4.32. The summed E-state index contributed by atoms with van der Waals surface area (Å²) in [7, 11) is -19.2. The minimum absolute atomic E-state index is 0.0178. The Bertz CT molecular complexity index is 4350. The van der Waals surface area contributed by atoms with Crippen molar-refractivity contribution in [3.8, 4) is 11.8 Å². The van der Waals surface area contributed by atoms with Crippen LogP contribution in [0.25, 0.3) is 0 Å². The number of nitrogens with one attached hydrogen (secondary N) is 5. The zero-order chi connectivity index (χ0) is 81.0. The average molecular weight is 1650 g/mol. The number of nitrogen functional groups attached to an aromatic ring is 1. The number of benzene rings is 2. The van der Waals surface area contributed by atoms with Gasteiger partial charge in [-0.3, -0.25) is 47.2 Å². The third kappa shape index (κ3) is 27.3. The maximum Gasteiger partial charge on any atom is 0.490 e. The number of carboxylic acids is 3. The van der Waals surface area contributed by atoms with Crippen LogP contribution in [-0.4, -0.2) is 191 Å². The van der Waals surface area contributed by atoms with Gasteiger partial charge in [-0.05, 0) is 81.0 Å². The van der Waals surface area contributed by atoms with E-state index in [1.54, 1.807) is 6.07 Å². The highest BCUT2D eigenvalue weighted by molar-refractivity contribution is 8.76. The number of aliphatic hydroxyl groups excluding tert-OH is 1. The Morgan fingerprint density at radius 1 is 0.780 bits per heavy atom. The van der Waals surface area contributed by atoms with Crippen molar-refractivity contribution in [1.29, 1.82) is 0 Å². The number of aromatic nitrogens is 2. The maximum atomic E-state index is 13.8. The normalized spacial score (nSPS) is 19.5. The lowest BCUT2D eigenvalue weighted by Gasteiger charge is -2.31. The van der Waals surface area contributed by atoms with Crippen molar-refractivity contribution in [2.45, 2.75) is 177 Å². The van der Waals surface area contributed by atoms with Crippen LogP contribution in [0.1, 0.15) is 140 Å². The van der Waals surface area contributed by atoms with Crippen molar-refractivity contribution in [3.05, 3.63) is 111 Å². The summed E-state index contributed by atoms with van der Waals surface area (Å²) >= 11 is 0. The lowest BCUT2D eigenvalue weighted by molar-refractivity contribution is -0.148. The molecule has 2 aromatic carbocycles. The van der Waals surface area contributed by atoms with Gasteiger partial charge in [0, 0.05) is 90.9 Å². The summed E-state index contributed by atoms with van der Waals surface area (Å²) in [5, 5.41) is 50.6. The largest absolute Gasteiger partial charge is 0.490 e. The van der Waals surface area contributed by atoms with E-state index in [1.165, 1.54) is 50.5 Å². The monoisotopic (exact) mass is 1640 g/mol. The molecule has 43 heteroatoms. The van der Waals surface area contributed by atoms with Gasteiger partial charge in [-0.25, -0.2) is 23.3 Å². The number of aryl methyl sites for hydroxylation is 1. The van der Waals surface area contributed by atoms with Crippen LogP contribution in [0.3, 0.4) is 0 Å². The number of nitrogens with zero attached hydrogens (tertiary/aromatic N) is 4. The van der Waals surface area contributed by atoms with Gasteiger partial charge in [0.1, 0.15) is 36.3 Å². The molecule has 5 amide bonds. The van der Waals surface area contributed by atoms with E-state index in [0.717, 1.165) is 28.7 Å². The Balaban J connectivity index is 1.04. The number of carbonyl (C=O) groups is 8. The Morgan fingerprint density at radius 3 is 2.07 bits per heavy atom. The molecule has 1 aromatic heterocycles. The van der Waals surface area contributed by atoms with Gasteiger partial charge in [-0.2, -0.15) is 22.0 Å². The molecular formula is C66H91N10O27P3S3. The molecule has 16 N–H and O–H groups in total. The molecule has 0 saturated carbocycles. The molecule has 1 saturated heterocycles. The highest BCUT2D eigenvalue weighted by Gasteiger charge is 2.46. The minimum Gasteiger partial charge on any atom is -0.481 e. The highest BCUT2D eigenvalue weighted by Crippen LogP contribution is 2.66. The van der Waals surface area contributed by atoms with E-state index >= 15 is 0 Å². The first kappa shape index (κ1) is 90.1. The van der Waals surface area contributed by atoms with Crippen LogP contribution >= 0.6 is 45.1 Å². The maximum absolute atomic E-state index is 13.8. The minimum atomic E-state index is -5.85. The molecular weight excluding hydrogens is 1550 g/mol. The van der Waals surface area contributed by atoms with Crippen LogP contribution in [0, 0.1) is 18.8 Å². The van der Waals surface area contributed by atoms with E-state index in [0.29, 0.717) is 44.2 Å². The fraction of sp³-hybridized carbons (Fsp3) is 0.515. The first-order valence-electron chi connectivity index (χ1n) is 34.1. The Labute approximate surface area is 635 Å². The number of ether oxygens (including phenoxy) is 1. The van der Waals surface area contributed by atoms with E-state index in [9.17, 15) is 94.9 Å². The molecule has 9 atom stereocenters. The van der Waals surface area contributed by atoms with Gasteiger partial charge in [0.15, 0.2) is 0 Å². The molecule has 4 heterocycles. The van der Waals surface area contributed by atoms with Crippen LogP contribution in [0.2, 0.25) is 0 Å². The Hall–Kier alpha value is -7.80. The van der Waals surface area contributed by atoms with Crippen molar-refractivity contribution in [3.63, 3.8) is 0 Å². The number of fused-ring (bicyclic) bond motifs is 2. The Morgan fingerprint density at radius 2 is 1.43 bits per heavy atom. The third-order valence-electron chi connectivity index (χ3n) is 17.5. The van der Waals surface area contributed by atoms with Gasteiger partial charge < -0.3 is 86.9 Å². The molecule has 109 heavy (non-hydrogen) atoms. The zero-order valence-electron chi connectivity index (χ0n) is 60.2. The molecule has 3 aliphatic rings. The molecule has 3 aliphatic heterocycles. The van der Waals surface area contributed by atoms with E-state index in [-0.39, 0.29) is 84.4 Å². The fourth-order valence-electron chi connectivity index (χ4n) is 12.1. The number of aliphatic carboxylic acids is 3. The SMILES string of the molecule is CCN1c2ccc(C)cc2C(C)(C)C1/C=C/C=C/C=C1/N(CCCCCC(=O)NC(CSSCCC(=O)NCC#Cc2cn([C@H]3C[C@@H](O)[C@@H](COP(=O)(O)OP(=O)(O)OP(=O)(O)O)O3)c(=O)nc2N)C(=O)NCCCCCC(=O)NC(CC(=O)O)C(=O)NC(CC(=O)O)C(=O)O)c2ccc(S(=O)(=O)O)cc2C1(C)C. The second-order valence-electron chi connectivity index (χ2n) is 26.5. The predicted molar refractivity (Wildman–Crippen MR) is 399 cm³/mol. The number of phosphoric ester groups is 1. The van der Waals surface area contributed by atoms with Crippen LogP contribution < -0.4 is 47.8 Å². The number of unbranched alkanes of at least 4 members (excludes halogenated alkanes) is 4. The summed E-state index contributed by atoms with van der Waals surface area (Å²) in [5.41, 5.74) is 10.0. The van der Waals surface area contributed by atoms with E-state index in [1.807, 2.05) is 43.5 Å². The summed E-state index contributed by atoms with van der Waals surface area (Å²) in [6.45, 7) is 12.7. The van der Waals surface area contributed by atoms with Crippen LogP contribution in [0.4, 0.5) is 17.2 Å². The quantitative estimate of drug-likeness (QED) is 0.00937. The number of allylic oxidation sites excluding steroid dienone is 5. The van der Waals surface area contributed by atoms with Gasteiger partial charge >= 0.3 is 47.1 Å². The summed E-state index contributed by atoms with van der Waals surface area (Å²) in [4.78, 5) is 158. The van der Waals surface area contributed by atoms with Gasteiger partial charge in [-0.15, -0.1) is 0 Å². The van der Waals surface area contributed by atoms with E-state index < -0.39 is 148 Å². The van der Waals surface area contributed by atoms with Crippen molar-refractivity contribution in [2.75, 3.05) is 59.8 Å². The standard InChI is InChI=1S/C66H91N10O27P3S3/c1-7-74-48-25-23-40(2)32-43(48)65(3,4)52(74)19-11-8-12-20-53-66(5,6)44-33-42(109(97,98)99)24-26-49(44)75(53)30-16-10-14-22-56(80)71-47(61(85)69-28-15-9-13-21-55(79)70-45(34-58(81)82)62(86)72-46(63(87)88)35-59(83)84)39-108-107-31-27-54(78)68-29-17-18-41-37-76(64(89)73-60(41)67)57-36-50(77)51(101-57)38-100-105(93,94)103-106(95,96)102-104(90,91)92/h8,11-12,19-20,23-26,32-33,37,45-47,50-52,57,77H,7,9-10,13-16,21-22,27-31,34-36,38-39H2,1-6H3,(H,68,78)(H,69,85)(H,70,79)(H,71,80)(H,72,86)(H,81,82)(H,83,84)(H,87,88)(H,93,94)(H,95,96)(H2,67,73,89)(H2,90,91,92)(H,97,98,99)/b12-8+,19-11+,53-20+/t45?,46?,47?,50-,51-,52?,57-/m1/s1. The number of carbonyl (C=O) groups excluding carboxylic acids is 5. The first-order chi connectivity index (χ1) is 50.9. The van der Waals surface area contributed by atoms with Gasteiger partial charge in [0.2, 0.25) is 29.5 Å². The van der Waals surface area contributed by atoms with Crippen LogP contribution in [-0.2, 0) is 90.9 Å². The van der Waals surface area contributed by atoms with Crippen molar-refractivity contribution in [2.24, 2.45) is 0 Å². The number of hydrogen-bond donors (Lipinski definition) is 15. The highest BCUT2D eigenvalue weighted by atomic mass is 33.1. The second-order valence-corrected chi connectivity index (χ2v) is 34.9. The molecule has 0 aliphatic carbocycles. The number of phosphoric acid groups is 3. The number of amides is 5. The lowest BCUT2D eigenvalue weighted by atomic mass is 9.80. The summed E-state index contributed by atoms with van der Waals surface area (Å²) in [6, 6.07) is 6.40. The molecule has 1 fully saturated rings. The molecule has 3 aromatic rings. The number of aliphatic hydroxyl groups is 1. The van der Waals surface area contributed by atoms with Gasteiger partial charge in [0.25, 0.3) is 10.1 Å². The molecule has 0 spiro atoms. The number of rotatable bonds is 42. The van der Waals surface area contributed by atoms with Gasteiger partial charge in [-0.1, -0.05) is 116 Å². The summed E-state index contributed by atoms with van der Waals surface area (Å²) in [6.07, 6.45) is 6.74. The smallest absolute Gasteiger partial charge is 0.481 e. The summed E-state index contributed by atoms with van der Waals surface area (Å²) in [5.74, 6) is -2.97. The number of nitrogens with two attached hydrogens (primary N) is 1. The van der Waals surface area contributed by atoms with Crippen molar-refractivity contribution in [1.82, 2.24) is 36.1 Å². The molecule has 6 rings (SSSR count). The van der Waals surface area contributed by atoms with E-state index in [4.69, 9.17) is 25.4 Å². The first-order valence-corrected chi connectivity index (χ1v) is 42.5. The summed E-state index contributed by atoms with van der Waals surface area (Å²) < 4.78 is 87.9. The zero-order valence-corrected chi connectivity index (χ0v) is 65.3. The van der Waals surface area contributed by atoms with Crippen LogP contribution in [0.15, 0.2) is 88.4 Å². The lowest BCUT2D eigenvalue weighted by Crippen LogP contribution is -2.52. The Kier molecular flexibility index (Phi) is 33.0. The molecule has 600 valence electrons. The van der Waals surface area contributed by atoms with Crippen molar-refractivity contribution < 1.29 is 123 Å². The number of hydrogen-bond acceptors (Lipinski definition) is 25. The third-order valence-corrected chi connectivity index (χ3v) is 24.6. The van der Waals surface area contributed by atoms with Gasteiger partial charge in [0.05, 0.1) is 48.6 Å². The molecule has 0 radical (unpaired) electrons.